The third-order valence-electron chi connectivity index (χ3n) is 10.3. The van der Waals surface area contributed by atoms with E-state index in [1.165, 1.54) is 30.5 Å². The average Bonchev–Trinajstić information content (AvgIpc) is 3.07. The van der Waals surface area contributed by atoms with E-state index < -0.39 is 11.7 Å². The highest BCUT2D eigenvalue weighted by Crippen LogP contribution is 2.33. The molecule has 248 valence electrons. The first-order chi connectivity index (χ1) is 22.8. The van der Waals surface area contributed by atoms with Crippen LogP contribution in [-0.2, 0) is 19.0 Å². The first-order valence-electron chi connectivity index (χ1n) is 17.5. The van der Waals surface area contributed by atoms with Crippen LogP contribution < -0.4 is 10.1 Å². The standard InChI is InChI=1S/C41H46F3NO2/c42-41(43,44)36-20-12-29(13-21-36)10-11-30-15-23-38(24-16-30)47-39-25-19-33-27-35(18-17-34(33)28-39)40(46)45-37-9-5-4-8-32(14-22-37)26-31-6-2-1-3-7-31/h1-3,6-7,12-13,17-21,25,27-28,30,32,37-38H,4-5,8-11,14-16,22-24,26H2,(H,45,46). The van der Waals surface area contributed by atoms with E-state index in [0.29, 0.717) is 17.4 Å². The zero-order valence-corrected chi connectivity index (χ0v) is 27.1. The second kappa shape index (κ2) is 15.4. The molecule has 0 bridgehead atoms. The fourth-order valence-corrected chi connectivity index (χ4v) is 7.51. The number of fused-ring (bicyclic) bond motifs is 1. The van der Waals surface area contributed by atoms with Gasteiger partial charge in [0.25, 0.3) is 5.91 Å². The molecule has 0 heterocycles. The zero-order chi connectivity index (χ0) is 32.6. The topological polar surface area (TPSA) is 38.3 Å². The number of benzene rings is 4. The Kier molecular flexibility index (Phi) is 10.9. The lowest BCUT2D eigenvalue weighted by Gasteiger charge is -2.29. The maximum atomic E-state index is 13.3. The number of carbonyl (C=O) groups excluding carboxylic acids is 1. The van der Waals surface area contributed by atoms with Crippen molar-refractivity contribution < 1.29 is 22.7 Å². The first-order valence-corrected chi connectivity index (χ1v) is 17.5. The number of amides is 1. The van der Waals surface area contributed by atoms with Crippen molar-refractivity contribution in [2.24, 2.45) is 11.8 Å². The van der Waals surface area contributed by atoms with E-state index in [-0.39, 0.29) is 18.1 Å². The smallest absolute Gasteiger partial charge is 0.416 e. The summed E-state index contributed by atoms with van der Waals surface area (Å²) in [6.07, 6.45) is 9.70. The van der Waals surface area contributed by atoms with E-state index in [2.05, 4.69) is 41.7 Å². The van der Waals surface area contributed by atoms with Crippen LogP contribution in [-0.4, -0.2) is 18.1 Å². The van der Waals surface area contributed by atoms with Gasteiger partial charge in [-0.25, -0.2) is 0 Å². The Balaban J connectivity index is 0.961. The third-order valence-corrected chi connectivity index (χ3v) is 10.3. The predicted octanol–water partition coefficient (Wildman–Crippen LogP) is 10.7. The quantitative estimate of drug-likeness (QED) is 0.197. The second-order valence-corrected chi connectivity index (χ2v) is 13.8. The largest absolute Gasteiger partial charge is 0.490 e. The summed E-state index contributed by atoms with van der Waals surface area (Å²) in [5.41, 5.74) is 2.47. The molecule has 2 atom stereocenters. The van der Waals surface area contributed by atoms with E-state index in [4.69, 9.17) is 4.74 Å². The number of halogens is 3. The molecule has 4 aromatic carbocycles. The molecule has 2 fully saturated rings. The van der Waals surface area contributed by atoms with E-state index in [1.54, 1.807) is 12.1 Å². The molecular weight excluding hydrogens is 595 g/mol. The highest BCUT2D eigenvalue weighted by atomic mass is 19.4. The van der Waals surface area contributed by atoms with Crippen LogP contribution in [0, 0.1) is 11.8 Å². The number of carbonyl (C=O) groups is 1. The van der Waals surface area contributed by atoms with E-state index in [0.717, 1.165) is 92.7 Å². The van der Waals surface area contributed by atoms with Gasteiger partial charge in [0, 0.05) is 11.6 Å². The van der Waals surface area contributed by atoms with E-state index >= 15 is 0 Å². The van der Waals surface area contributed by atoms with Crippen LogP contribution in [0.5, 0.6) is 5.75 Å². The van der Waals surface area contributed by atoms with Crippen molar-refractivity contribution in [2.75, 3.05) is 0 Å². The van der Waals surface area contributed by atoms with Gasteiger partial charge in [-0.2, -0.15) is 13.2 Å². The predicted molar refractivity (Wildman–Crippen MR) is 183 cm³/mol. The maximum Gasteiger partial charge on any atom is 0.416 e. The molecule has 0 saturated heterocycles. The Morgan fingerprint density at radius 3 is 2.17 bits per heavy atom. The van der Waals surface area contributed by atoms with E-state index in [9.17, 15) is 18.0 Å². The van der Waals surface area contributed by atoms with Gasteiger partial charge in [0.05, 0.1) is 11.7 Å². The molecule has 3 nitrogen and oxygen atoms in total. The number of ether oxygens (including phenoxy) is 1. The van der Waals surface area contributed by atoms with Gasteiger partial charge in [-0.15, -0.1) is 0 Å². The summed E-state index contributed by atoms with van der Waals surface area (Å²) < 4.78 is 44.9. The normalized spacial score (nSPS) is 22.3. The van der Waals surface area contributed by atoms with Crippen molar-refractivity contribution in [1.29, 1.82) is 0 Å². The molecule has 0 aromatic heterocycles. The summed E-state index contributed by atoms with van der Waals surface area (Å²) in [7, 11) is 0. The van der Waals surface area contributed by atoms with Crippen molar-refractivity contribution in [1.82, 2.24) is 5.32 Å². The minimum Gasteiger partial charge on any atom is -0.490 e. The molecule has 2 unspecified atom stereocenters. The lowest BCUT2D eigenvalue weighted by atomic mass is 9.83. The molecule has 0 aliphatic heterocycles. The Hall–Kier alpha value is -3.80. The minimum atomic E-state index is -4.29. The maximum absolute atomic E-state index is 13.3. The van der Waals surface area contributed by atoms with E-state index in [1.807, 2.05) is 30.3 Å². The molecule has 2 aliphatic carbocycles. The van der Waals surface area contributed by atoms with Gasteiger partial charge in [0.2, 0.25) is 0 Å². The number of rotatable bonds is 9. The summed E-state index contributed by atoms with van der Waals surface area (Å²) in [4.78, 5) is 13.3. The Bertz CT molecular complexity index is 1590. The Labute approximate surface area is 276 Å². The summed E-state index contributed by atoms with van der Waals surface area (Å²) in [6, 6.07) is 28.6. The molecule has 1 amide bonds. The molecular formula is C41H46F3NO2. The molecule has 2 saturated carbocycles. The summed E-state index contributed by atoms with van der Waals surface area (Å²) in [5.74, 6) is 2.09. The molecule has 47 heavy (non-hydrogen) atoms. The van der Waals surface area contributed by atoms with Crippen LogP contribution in [0.3, 0.4) is 0 Å². The van der Waals surface area contributed by atoms with Crippen molar-refractivity contribution in [3.8, 4) is 5.75 Å². The van der Waals surface area contributed by atoms with Gasteiger partial charge in [0.15, 0.2) is 0 Å². The second-order valence-electron chi connectivity index (χ2n) is 13.8. The first kappa shape index (κ1) is 33.1. The monoisotopic (exact) mass is 641 g/mol. The third kappa shape index (κ3) is 9.39. The highest BCUT2D eigenvalue weighted by Gasteiger charge is 2.30. The van der Waals surface area contributed by atoms with Crippen LogP contribution in [0.1, 0.15) is 97.7 Å². The van der Waals surface area contributed by atoms with Crippen molar-refractivity contribution in [3.63, 3.8) is 0 Å². The van der Waals surface area contributed by atoms with Crippen molar-refractivity contribution in [3.05, 3.63) is 113 Å². The molecule has 2 aliphatic rings. The summed E-state index contributed by atoms with van der Waals surface area (Å²) >= 11 is 0. The van der Waals surface area contributed by atoms with Gasteiger partial charge in [-0.1, -0.05) is 73.9 Å². The van der Waals surface area contributed by atoms with Crippen LogP contribution >= 0.6 is 0 Å². The SMILES string of the molecule is O=C(NC1CCCCC(Cc2ccccc2)CC1)c1ccc2cc(OC3CCC(CCc4ccc(C(F)(F)F)cc4)CC3)ccc2c1. The lowest BCUT2D eigenvalue weighted by molar-refractivity contribution is -0.137. The fourth-order valence-electron chi connectivity index (χ4n) is 7.51. The van der Waals surface area contributed by atoms with Crippen LogP contribution in [0.2, 0.25) is 0 Å². The van der Waals surface area contributed by atoms with Crippen LogP contribution in [0.4, 0.5) is 13.2 Å². The molecule has 0 radical (unpaired) electrons. The Morgan fingerprint density at radius 1 is 0.702 bits per heavy atom. The highest BCUT2D eigenvalue weighted by molar-refractivity contribution is 5.99. The fraction of sp³-hybridized carbons (Fsp3) is 0.439. The minimum absolute atomic E-state index is 0.00694. The molecule has 4 aromatic rings. The van der Waals surface area contributed by atoms with Gasteiger partial charge in [-0.05, 0) is 134 Å². The molecule has 1 N–H and O–H groups in total. The summed E-state index contributed by atoms with van der Waals surface area (Å²) in [5, 5.41) is 5.42. The molecule has 6 rings (SSSR count). The average molecular weight is 642 g/mol. The summed E-state index contributed by atoms with van der Waals surface area (Å²) in [6.45, 7) is 0. The Morgan fingerprint density at radius 2 is 1.40 bits per heavy atom. The number of hydrogen-bond acceptors (Lipinski definition) is 2. The number of alkyl halides is 3. The van der Waals surface area contributed by atoms with Gasteiger partial charge in [0.1, 0.15) is 5.75 Å². The zero-order valence-electron chi connectivity index (χ0n) is 27.1. The van der Waals surface area contributed by atoms with Crippen LogP contribution in [0.25, 0.3) is 10.8 Å². The lowest BCUT2D eigenvalue weighted by Crippen LogP contribution is -2.36. The number of nitrogens with one attached hydrogen (secondary N) is 1. The molecule has 0 spiro atoms. The van der Waals surface area contributed by atoms with Gasteiger partial charge < -0.3 is 10.1 Å². The van der Waals surface area contributed by atoms with Crippen molar-refractivity contribution >= 4 is 16.7 Å². The molecule has 6 heteroatoms. The van der Waals surface area contributed by atoms with Crippen molar-refractivity contribution in [2.45, 2.75) is 102 Å². The number of hydrogen-bond donors (Lipinski definition) is 1. The number of aryl methyl sites for hydroxylation is 1. The van der Waals surface area contributed by atoms with Gasteiger partial charge >= 0.3 is 6.18 Å². The van der Waals surface area contributed by atoms with Crippen LogP contribution in [0.15, 0.2) is 91.0 Å². The van der Waals surface area contributed by atoms with Gasteiger partial charge in [-0.3, -0.25) is 4.79 Å².